The van der Waals surface area contributed by atoms with Crippen molar-refractivity contribution in [2.75, 3.05) is 11.9 Å². The summed E-state index contributed by atoms with van der Waals surface area (Å²) in [7, 11) is 0. The van der Waals surface area contributed by atoms with Crippen LogP contribution in [0.4, 0.5) is 10.1 Å². The van der Waals surface area contributed by atoms with Crippen molar-refractivity contribution in [3.63, 3.8) is 0 Å². The highest BCUT2D eigenvalue weighted by atomic mass is 35.5. The number of hydrogen-bond acceptors (Lipinski definition) is 2. The number of carbonyl (C=O) groups is 1. The lowest BCUT2D eigenvalue weighted by Gasteiger charge is -2.14. The van der Waals surface area contributed by atoms with Crippen LogP contribution in [-0.2, 0) is 4.79 Å². The molecule has 0 aliphatic rings. The van der Waals surface area contributed by atoms with Crippen LogP contribution in [0, 0.1) is 5.82 Å². The van der Waals surface area contributed by atoms with Crippen molar-refractivity contribution in [3.05, 3.63) is 41.7 Å². The standard InChI is InChI=1S/C12H14ClFN2O/c1-3-4-15-12(17)8(2)16-11-6-9(13)5-10(14)7-11/h3,5-8,16H,1,4H2,2H3,(H,15,17). The van der Waals surface area contributed by atoms with E-state index in [0.29, 0.717) is 12.2 Å². The molecule has 0 heterocycles. The Hall–Kier alpha value is -1.55. The summed E-state index contributed by atoms with van der Waals surface area (Å²) in [6, 6.07) is 3.56. The number of anilines is 1. The van der Waals surface area contributed by atoms with Gasteiger partial charge in [0.15, 0.2) is 0 Å². The molecule has 5 heteroatoms. The molecule has 3 nitrogen and oxygen atoms in total. The fourth-order valence-electron chi connectivity index (χ4n) is 1.28. The van der Waals surface area contributed by atoms with Crippen LogP contribution in [0.15, 0.2) is 30.9 Å². The first kappa shape index (κ1) is 13.5. The molecule has 1 amide bonds. The van der Waals surface area contributed by atoms with E-state index in [0.717, 1.165) is 0 Å². The van der Waals surface area contributed by atoms with Gasteiger partial charge in [-0.15, -0.1) is 6.58 Å². The van der Waals surface area contributed by atoms with E-state index in [9.17, 15) is 9.18 Å². The van der Waals surface area contributed by atoms with Gasteiger partial charge in [0.1, 0.15) is 11.9 Å². The summed E-state index contributed by atoms with van der Waals surface area (Å²) in [5.74, 6) is -0.635. The molecule has 17 heavy (non-hydrogen) atoms. The maximum absolute atomic E-state index is 13.0. The van der Waals surface area contributed by atoms with Gasteiger partial charge in [-0.2, -0.15) is 0 Å². The summed E-state index contributed by atoms with van der Waals surface area (Å²) in [5, 5.41) is 5.78. The Bertz CT molecular complexity index is 403. The molecule has 1 unspecified atom stereocenters. The van der Waals surface area contributed by atoms with E-state index in [-0.39, 0.29) is 10.9 Å². The Morgan fingerprint density at radius 1 is 1.59 bits per heavy atom. The van der Waals surface area contributed by atoms with Gasteiger partial charge in [-0.05, 0) is 25.1 Å². The minimum absolute atomic E-state index is 0.190. The molecule has 1 aromatic carbocycles. The molecule has 1 aromatic rings. The average Bonchev–Trinajstić information content (AvgIpc) is 2.24. The van der Waals surface area contributed by atoms with Crippen molar-refractivity contribution >= 4 is 23.2 Å². The molecular formula is C12H14ClFN2O. The van der Waals surface area contributed by atoms with Crippen LogP contribution < -0.4 is 10.6 Å². The lowest BCUT2D eigenvalue weighted by molar-refractivity contribution is -0.121. The normalized spacial score (nSPS) is 11.7. The molecule has 0 aliphatic carbocycles. The first-order valence-electron chi connectivity index (χ1n) is 5.14. The number of benzene rings is 1. The van der Waals surface area contributed by atoms with Crippen molar-refractivity contribution in [2.24, 2.45) is 0 Å². The van der Waals surface area contributed by atoms with E-state index >= 15 is 0 Å². The molecule has 0 fully saturated rings. The Labute approximate surface area is 105 Å². The number of hydrogen-bond donors (Lipinski definition) is 2. The molecular weight excluding hydrogens is 243 g/mol. The second kappa shape index (κ2) is 6.25. The van der Waals surface area contributed by atoms with Gasteiger partial charge < -0.3 is 10.6 Å². The smallest absolute Gasteiger partial charge is 0.242 e. The van der Waals surface area contributed by atoms with Crippen LogP contribution in [-0.4, -0.2) is 18.5 Å². The van der Waals surface area contributed by atoms with Gasteiger partial charge in [0, 0.05) is 17.3 Å². The molecule has 0 bridgehead atoms. The van der Waals surface area contributed by atoms with Crippen molar-refractivity contribution in [1.29, 1.82) is 0 Å². The maximum atomic E-state index is 13.0. The largest absolute Gasteiger partial charge is 0.374 e. The molecule has 0 radical (unpaired) electrons. The minimum atomic E-state index is -0.479. The third-order valence-electron chi connectivity index (χ3n) is 2.06. The summed E-state index contributed by atoms with van der Waals surface area (Å²) in [5.41, 5.74) is 0.469. The monoisotopic (exact) mass is 256 g/mol. The SMILES string of the molecule is C=CCNC(=O)C(C)Nc1cc(F)cc(Cl)c1. The lowest BCUT2D eigenvalue weighted by Crippen LogP contribution is -2.37. The average molecular weight is 257 g/mol. The van der Waals surface area contributed by atoms with E-state index in [2.05, 4.69) is 17.2 Å². The first-order chi connectivity index (χ1) is 8.02. The third kappa shape index (κ3) is 4.44. The summed E-state index contributed by atoms with van der Waals surface area (Å²) in [4.78, 5) is 11.5. The number of carbonyl (C=O) groups excluding carboxylic acids is 1. The van der Waals surface area contributed by atoms with Gasteiger partial charge in [0.05, 0.1) is 0 Å². The molecule has 0 saturated heterocycles. The fraction of sp³-hybridized carbons (Fsp3) is 0.250. The molecule has 92 valence electrons. The highest BCUT2D eigenvalue weighted by Gasteiger charge is 2.11. The van der Waals surface area contributed by atoms with Crippen LogP contribution in [0.5, 0.6) is 0 Å². The topological polar surface area (TPSA) is 41.1 Å². The molecule has 0 aromatic heterocycles. The van der Waals surface area contributed by atoms with Gasteiger partial charge in [-0.1, -0.05) is 17.7 Å². The Balaban J connectivity index is 2.63. The summed E-state index contributed by atoms with van der Waals surface area (Å²) < 4.78 is 13.0. The predicted octanol–water partition coefficient (Wildman–Crippen LogP) is 2.58. The second-order valence-corrected chi connectivity index (χ2v) is 3.99. The minimum Gasteiger partial charge on any atom is -0.374 e. The third-order valence-corrected chi connectivity index (χ3v) is 2.28. The van der Waals surface area contributed by atoms with E-state index in [1.54, 1.807) is 19.1 Å². The number of halogens is 2. The number of amides is 1. The van der Waals surface area contributed by atoms with E-state index in [1.807, 2.05) is 0 Å². The predicted molar refractivity (Wildman–Crippen MR) is 67.7 cm³/mol. The van der Waals surface area contributed by atoms with Crippen molar-refractivity contribution in [2.45, 2.75) is 13.0 Å². The molecule has 1 atom stereocenters. The quantitative estimate of drug-likeness (QED) is 0.795. The second-order valence-electron chi connectivity index (χ2n) is 3.56. The van der Waals surface area contributed by atoms with E-state index in [1.165, 1.54) is 12.1 Å². The summed E-state index contributed by atoms with van der Waals surface area (Å²) in [6.07, 6.45) is 1.59. The van der Waals surface area contributed by atoms with E-state index in [4.69, 9.17) is 11.6 Å². The van der Waals surface area contributed by atoms with Gasteiger partial charge in [-0.3, -0.25) is 4.79 Å². The number of nitrogens with one attached hydrogen (secondary N) is 2. The Morgan fingerprint density at radius 3 is 2.88 bits per heavy atom. The lowest BCUT2D eigenvalue weighted by atomic mass is 10.2. The molecule has 2 N–H and O–H groups in total. The van der Waals surface area contributed by atoms with Crippen molar-refractivity contribution < 1.29 is 9.18 Å². The van der Waals surface area contributed by atoms with Gasteiger partial charge >= 0.3 is 0 Å². The molecule has 0 spiro atoms. The van der Waals surface area contributed by atoms with Crippen molar-refractivity contribution in [1.82, 2.24) is 5.32 Å². The van der Waals surface area contributed by atoms with Crippen LogP contribution >= 0.6 is 11.6 Å². The summed E-state index contributed by atoms with van der Waals surface area (Å²) in [6.45, 7) is 5.57. The van der Waals surface area contributed by atoms with Crippen LogP contribution in [0.2, 0.25) is 5.02 Å². The van der Waals surface area contributed by atoms with Gasteiger partial charge in [0.2, 0.25) is 5.91 Å². The van der Waals surface area contributed by atoms with Gasteiger partial charge in [-0.25, -0.2) is 4.39 Å². The highest BCUT2D eigenvalue weighted by molar-refractivity contribution is 6.30. The molecule has 0 saturated carbocycles. The Kier molecular flexibility index (Phi) is 4.97. The van der Waals surface area contributed by atoms with Crippen molar-refractivity contribution in [3.8, 4) is 0 Å². The summed E-state index contributed by atoms with van der Waals surface area (Å²) >= 11 is 5.70. The van der Waals surface area contributed by atoms with E-state index < -0.39 is 11.9 Å². The first-order valence-corrected chi connectivity index (χ1v) is 5.52. The number of rotatable bonds is 5. The zero-order valence-corrected chi connectivity index (χ0v) is 10.2. The van der Waals surface area contributed by atoms with Crippen LogP contribution in [0.1, 0.15) is 6.92 Å². The highest BCUT2D eigenvalue weighted by Crippen LogP contribution is 2.18. The van der Waals surface area contributed by atoms with Gasteiger partial charge in [0.25, 0.3) is 0 Å². The van der Waals surface area contributed by atoms with Crippen LogP contribution in [0.25, 0.3) is 0 Å². The molecule has 1 rings (SSSR count). The molecule has 0 aliphatic heterocycles. The zero-order chi connectivity index (χ0) is 12.8. The van der Waals surface area contributed by atoms with Crippen LogP contribution in [0.3, 0.4) is 0 Å². The Morgan fingerprint density at radius 2 is 2.29 bits per heavy atom. The maximum Gasteiger partial charge on any atom is 0.242 e. The fourth-order valence-corrected chi connectivity index (χ4v) is 1.50. The zero-order valence-electron chi connectivity index (χ0n) is 9.47.